The van der Waals surface area contributed by atoms with Gasteiger partial charge < -0.3 is 10.6 Å². The molecule has 3 N–H and O–H groups in total. The fourth-order valence-corrected chi connectivity index (χ4v) is 2.34. The van der Waals surface area contributed by atoms with E-state index in [1.54, 1.807) is 11.8 Å². The third-order valence-corrected chi connectivity index (χ3v) is 2.83. The Hall–Kier alpha value is -0.480. The first kappa shape index (κ1) is 7.18. The maximum atomic E-state index is 4.36. The van der Waals surface area contributed by atoms with Gasteiger partial charge in [-0.15, -0.1) is 0 Å². The van der Waals surface area contributed by atoms with E-state index in [2.05, 4.69) is 21.0 Å². The van der Waals surface area contributed by atoms with E-state index < -0.39 is 0 Å². The van der Waals surface area contributed by atoms with Crippen molar-refractivity contribution in [1.82, 2.24) is 4.90 Å². The zero-order valence-electron chi connectivity index (χ0n) is 6.42. The first-order valence-electron chi connectivity index (χ1n) is 3.89. The minimum atomic E-state index is 0.969. The van der Waals surface area contributed by atoms with E-state index in [4.69, 9.17) is 0 Å². The molecule has 0 amide bonds. The lowest BCUT2D eigenvalue weighted by Gasteiger charge is -2.14. The van der Waals surface area contributed by atoms with Gasteiger partial charge in [0.15, 0.2) is 5.17 Å². The van der Waals surface area contributed by atoms with Gasteiger partial charge >= 0.3 is 0 Å². The number of amidine groups is 1. The van der Waals surface area contributed by atoms with Crippen LogP contribution in [0.2, 0.25) is 0 Å². The van der Waals surface area contributed by atoms with Gasteiger partial charge in [0.2, 0.25) is 0 Å². The van der Waals surface area contributed by atoms with Gasteiger partial charge in [0.05, 0.1) is 13.1 Å². The number of quaternary nitrogens is 1. The second-order valence-corrected chi connectivity index (χ2v) is 3.48. The normalized spacial score (nSPS) is 21.7. The molecular weight excluding hydrogens is 158 g/mol. The highest BCUT2D eigenvalue weighted by molar-refractivity contribution is 8.16. The van der Waals surface area contributed by atoms with Crippen LogP contribution in [0.3, 0.4) is 0 Å². The highest BCUT2D eigenvalue weighted by Crippen LogP contribution is 2.30. The Morgan fingerprint density at radius 2 is 2.64 bits per heavy atom. The highest BCUT2D eigenvalue weighted by Gasteiger charge is 2.25. The van der Waals surface area contributed by atoms with Crippen molar-refractivity contribution in [3.63, 3.8) is 0 Å². The van der Waals surface area contributed by atoms with Crippen LogP contribution in [-0.4, -0.2) is 29.7 Å². The largest absolute Gasteiger partial charge is 0.357 e. The van der Waals surface area contributed by atoms with E-state index in [1.165, 1.54) is 10.9 Å². The van der Waals surface area contributed by atoms with Gasteiger partial charge in [-0.2, -0.15) is 0 Å². The molecule has 0 unspecified atom stereocenters. The Bertz CT molecular complexity index is 222. The molecule has 0 spiro atoms. The molecule has 0 atom stereocenters. The van der Waals surface area contributed by atoms with Crippen LogP contribution in [0.1, 0.15) is 6.42 Å². The van der Waals surface area contributed by atoms with Gasteiger partial charge in [-0.05, 0) is 5.41 Å². The maximum absolute atomic E-state index is 4.36. The molecule has 2 heterocycles. The van der Waals surface area contributed by atoms with Gasteiger partial charge in [-0.3, -0.25) is 4.99 Å². The Morgan fingerprint density at radius 1 is 1.73 bits per heavy atom. The summed E-state index contributed by atoms with van der Waals surface area (Å²) in [5.74, 6) is 0. The molecule has 0 aliphatic carbocycles. The van der Waals surface area contributed by atoms with Crippen molar-refractivity contribution >= 4 is 16.9 Å². The second kappa shape index (κ2) is 2.87. The summed E-state index contributed by atoms with van der Waals surface area (Å²) in [6.07, 6.45) is 1.09. The van der Waals surface area contributed by atoms with Gasteiger partial charge in [0.1, 0.15) is 0 Å². The van der Waals surface area contributed by atoms with Crippen molar-refractivity contribution in [2.24, 2.45) is 4.99 Å². The first-order valence-corrected chi connectivity index (χ1v) is 4.76. The third-order valence-electron chi connectivity index (χ3n) is 1.88. The summed E-state index contributed by atoms with van der Waals surface area (Å²) >= 11 is 1.75. The lowest BCUT2D eigenvalue weighted by Crippen LogP contribution is -2.50. The lowest BCUT2D eigenvalue weighted by atomic mass is 10.3. The van der Waals surface area contributed by atoms with E-state index in [0.29, 0.717) is 0 Å². The molecule has 2 aliphatic heterocycles. The van der Waals surface area contributed by atoms with E-state index in [0.717, 1.165) is 26.1 Å². The Morgan fingerprint density at radius 3 is 3.45 bits per heavy atom. The minimum absolute atomic E-state index is 0.969. The molecule has 4 heteroatoms. The van der Waals surface area contributed by atoms with Crippen molar-refractivity contribution in [2.45, 2.75) is 6.42 Å². The summed E-state index contributed by atoms with van der Waals surface area (Å²) in [6, 6.07) is 0. The summed E-state index contributed by atoms with van der Waals surface area (Å²) in [6.45, 7) is 3.03. The molecule has 60 valence electrons. The lowest BCUT2D eigenvalue weighted by molar-refractivity contribution is -0.366. The molecule has 0 fully saturated rings. The molecule has 2 aliphatic rings. The average molecular weight is 170 g/mol. The number of fused-ring (bicyclic) bond motifs is 1. The third kappa shape index (κ3) is 1.16. The van der Waals surface area contributed by atoms with Crippen molar-refractivity contribution in [2.75, 3.05) is 19.6 Å². The van der Waals surface area contributed by atoms with Crippen LogP contribution in [0, 0.1) is 0 Å². The van der Waals surface area contributed by atoms with E-state index >= 15 is 0 Å². The number of hydrogen-bond acceptors (Lipinski definition) is 3. The highest BCUT2D eigenvalue weighted by atomic mass is 32.2. The first-order chi connectivity index (χ1) is 5.42. The van der Waals surface area contributed by atoms with Crippen LogP contribution < -0.4 is 5.73 Å². The van der Waals surface area contributed by atoms with E-state index in [-0.39, 0.29) is 0 Å². The number of nitrogens with zero attached hydrogens (tertiary/aromatic N) is 2. The summed E-state index contributed by atoms with van der Waals surface area (Å²) in [5.41, 5.74) is 5.25. The number of aliphatic imine (C=N–C) groups is 1. The monoisotopic (exact) mass is 170 g/mol. The Labute approximate surface area is 70.3 Å². The predicted molar refractivity (Wildman–Crippen MR) is 47.1 cm³/mol. The maximum Gasteiger partial charge on any atom is 0.167 e. The predicted octanol–water partition coefficient (Wildman–Crippen LogP) is -0.122. The molecule has 3 nitrogen and oxygen atoms in total. The standard InChI is InChI=1S/C7H11N3S/c8-2-1-6-5-11-7-9-3-4-10(6)7/h5H,1-4,8H2/p+1. The molecule has 0 aromatic heterocycles. The summed E-state index contributed by atoms with van der Waals surface area (Å²) in [7, 11) is 0. The van der Waals surface area contributed by atoms with Gasteiger partial charge in [-0.1, -0.05) is 11.8 Å². The van der Waals surface area contributed by atoms with Crippen molar-refractivity contribution in [3.8, 4) is 0 Å². The fourth-order valence-electron chi connectivity index (χ4n) is 1.35. The molecule has 0 radical (unpaired) electrons. The van der Waals surface area contributed by atoms with Gasteiger partial charge in [-0.25, -0.2) is 0 Å². The zero-order chi connectivity index (χ0) is 7.68. The SMILES string of the molecule is [NH3+]CCC1=CSC2=NCCN12. The van der Waals surface area contributed by atoms with Gasteiger partial charge in [0, 0.05) is 18.7 Å². The van der Waals surface area contributed by atoms with Crippen LogP contribution in [0.4, 0.5) is 0 Å². The summed E-state index contributed by atoms with van der Waals surface area (Å²) < 4.78 is 0. The number of thioether (sulfide) groups is 1. The number of rotatable bonds is 2. The van der Waals surface area contributed by atoms with Gasteiger partial charge in [0.25, 0.3) is 0 Å². The molecule has 2 rings (SSSR count). The molecule has 0 aromatic carbocycles. The van der Waals surface area contributed by atoms with Crippen LogP contribution in [0.15, 0.2) is 16.1 Å². The van der Waals surface area contributed by atoms with Crippen LogP contribution in [0.5, 0.6) is 0 Å². The molecule has 11 heavy (non-hydrogen) atoms. The molecule has 0 saturated carbocycles. The van der Waals surface area contributed by atoms with E-state index in [1.807, 2.05) is 0 Å². The zero-order valence-corrected chi connectivity index (χ0v) is 7.23. The summed E-state index contributed by atoms with van der Waals surface area (Å²) in [5, 5.41) is 3.39. The topological polar surface area (TPSA) is 43.2 Å². The Kier molecular flexibility index (Phi) is 1.87. The summed E-state index contributed by atoms with van der Waals surface area (Å²) in [4.78, 5) is 6.66. The molecule has 0 aromatic rings. The quantitative estimate of drug-likeness (QED) is 0.628. The second-order valence-electron chi connectivity index (χ2n) is 2.65. The van der Waals surface area contributed by atoms with Crippen molar-refractivity contribution < 1.29 is 5.73 Å². The van der Waals surface area contributed by atoms with Crippen LogP contribution in [0.25, 0.3) is 0 Å². The smallest absolute Gasteiger partial charge is 0.167 e. The van der Waals surface area contributed by atoms with E-state index in [9.17, 15) is 0 Å². The minimum Gasteiger partial charge on any atom is -0.357 e. The Balaban J connectivity index is 2.07. The van der Waals surface area contributed by atoms with Crippen LogP contribution in [-0.2, 0) is 0 Å². The number of hydrogen-bond donors (Lipinski definition) is 1. The van der Waals surface area contributed by atoms with Crippen molar-refractivity contribution in [3.05, 3.63) is 11.1 Å². The van der Waals surface area contributed by atoms with Crippen LogP contribution >= 0.6 is 11.8 Å². The molecular formula is C7H12N3S+. The molecule has 0 saturated heterocycles. The fraction of sp³-hybridized carbons (Fsp3) is 0.571. The van der Waals surface area contributed by atoms with Crippen molar-refractivity contribution in [1.29, 1.82) is 0 Å². The average Bonchev–Trinajstić information content (AvgIpc) is 2.53. The molecule has 0 bridgehead atoms.